The topological polar surface area (TPSA) is 62.1 Å². The van der Waals surface area contributed by atoms with E-state index in [2.05, 4.69) is 5.16 Å². The number of benzene rings is 1. The van der Waals surface area contributed by atoms with E-state index < -0.39 is 0 Å². The summed E-state index contributed by atoms with van der Waals surface area (Å²) < 4.78 is 5.00. The maximum atomic E-state index is 9.52. The van der Waals surface area contributed by atoms with E-state index in [0.717, 1.165) is 0 Å². The molecule has 1 aromatic rings. The minimum atomic E-state index is 0.0838. The second-order valence-corrected chi connectivity index (χ2v) is 2.78. The first kappa shape index (κ1) is 10.4. The van der Waals surface area contributed by atoms with Crippen molar-refractivity contribution in [3.63, 3.8) is 0 Å². The van der Waals surface area contributed by atoms with Crippen LogP contribution in [0.4, 0.5) is 0 Å². The number of ether oxygens (including phenoxy) is 1. The Balaban J connectivity index is 3.18. The Kier molecular flexibility index (Phi) is 3.34. The van der Waals surface area contributed by atoms with Crippen LogP contribution in [0.15, 0.2) is 23.4 Å². The predicted molar refractivity (Wildman–Crippen MR) is 53.3 cm³/mol. The van der Waals surface area contributed by atoms with Crippen molar-refractivity contribution in [2.24, 2.45) is 5.16 Å². The fraction of sp³-hybridized carbons (Fsp3) is 0.300. The van der Waals surface area contributed by atoms with Gasteiger partial charge >= 0.3 is 0 Å². The molecule has 4 nitrogen and oxygen atoms in total. The Morgan fingerprint density at radius 2 is 2.21 bits per heavy atom. The van der Waals surface area contributed by atoms with Gasteiger partial charge in [-0.15, -0.1) is 0 Å². The molecule has 0 saturated heterocycles. The summed E-state index contributed by atoms with van der Waals surface area (Å²) in [5.74, 6) is 0.702. The van der Waals surface area contributed by atoms with Crippen molar-refractivity contribution in [2.45, 2.75) is 13.3 Å². The highest BCUT2D eigenvalue weighted by Gasteiger charge is 2.08. The van der Waals surface area contributed by atoms with Crippen LogP contribution in [-0.4, -0.2) is 23.1 Å². The second kappa shape index (κ2) is 4.50. The lowest BCUT2D eigenvalue weighted by Crippen LogP contribution is -2.00. The number of hydrogen-bond donors (Lipinski definition) is 2. The highest BCUT2D eigenvalue weighted by molar-refractivity contribution is 6.02. The maximum absolute atomic E-state index is 9.52. The molecule has 0 bridgehead atoms. The van der Waals surface area contributed by atoms with Crippen molar-refractivity contribution in [3.05, 3.63) is 23.8 Å². The molecule has 0 atom stereocenters. The molecule has 0 aliphatic rings. The smallest absolute Gasteiger partial charge is 0.125 e. The Morgan fingerprint density at radius 3 is 2.71 bits per heavy atom. The Hall–Kier alpha value is -1.71. The minimum absolute atomic E-state index is 0.0838. The van der Waals surface area contributed by atoms with Crippen LogP contribution >= 0.6 is 0 Å². The van der Waals surface area contributed by atoms with Crippen LogP contribution in [0, 0.1) is 0 Å². The van der Waals surface area contributed by atoms with Crippen LogP contribution in [0.5, 0.6) is 11.5 Å². The van der Waals surface area contributed by atoms with Crippen molar-refractivity contribution in [1.82, 2.24) is 0 Å². The minimum Gasteiger partial charge on any atom is -0.507 e. The molecule has 76 valence electrons. The number of oxime groups is 1. The van der Waals surface area contributed by atoms with Crippen LogP contribution in [0.1, 0.15) is 18.9 Å². The number of rotatable bonds is 3. The van der Waals surface area contributed by atoms with Crippen molar-refractivity contribution in [1.29, 1.82) is 0 Å². The van der Waals surface area contributed by atoms with Gasteiger partial charge in [-0.1, -0.05) is 12.1 Å². The van der Waals surface area contributed by atoms with Gasteiger partial charge in [0.05, 0.1) is 12.8 Å². The van der Waals surface area contributed by atoms with Gasteiger partial charge in [0.15, 0.2) is 0 Å². The summed E-state index contributed by atoms with van der Waals surface area (Å²) in [4.78, 5) is 0. The van der Waals surface area contributed by atoms with E-state index in [9.17, 15) is 5.11 Å². The summed E-state index contributed by atoms with van der Waals surface area (Å²) in [5, 5.41) is 21.3. The Bertz CT molecular complexity index is 347. The van der Waals surface area contributed by atoms with E-state index in [1.54, 1.807) is 12.1 Å². The molecule has 1 aromatic carbocycles. The molecule has 1 rings (SSSR count). The van der Waals surface area contributed by atoms with Crippen LogP contribution in [0.3, 0.4) is 0 Å². The molecule has 0 heterocycles. The summed E-state index contributed by atoms with van der Waals surface area (Å²) in [6, 6.07) is 4.78. The molecule has 0 fully saturated rings. The van der Waals surface area contributed by atoms with E-state index in [0.29, 0.717) is 23.4 Å². The fourth-order valence-electron chi connectivity index (χ4n) is 1.19. The van der Waals surface area contributed by atoms with Gasteiger partial charge in [0.2, 0.25) is 0 Å². The van der Waals surface area contributed by atoms with Crippen LogP contribution in [-0.2, 0) is 0 Å². The van der Waals surface area contributed by atoms with E-state index in [-0.39, 0.29) is 5.75 Å². The molecule has 2 N–H and O–H groups in total. The lowest BCUT2D eigenvalue weighted by Gasteiger charge is -2.06. The SMILES string of the molecule is CCC(=NO)c1cc(OC)ccc1O. The summed E-state index contributed by atoms with van der Waals surface area (Å²) in [7, 11) is 1.54. The van der Waals surface area contributed by atoms with Crippen molar-refractivity contribution < 1.29 is 15.1 Å². The number of methoxy groups -OCH3 is 1. The number of aromatic hydroxyl groups is 1. The molecular weight excluding hydrogens is 182 g/mol. The third-order valence-corrected chi connectivity index (χ3v) is 1.97. The van der Waals surface area contributed by atoms with Gasteiger partial charge in [0.25, 0.3) is 0 Å². The van der Waals surface area contributed by atoms with E-state index >= 15 is 0 Å². The van der Waals surface area contributed by atoms with Gasteiger partial charge in [-0.25, -0.2) is 0 Å². The standard InChI is InChI=1S/C10H13NO3/c1-3-9(11-13)8-6-7(14-2)4-5-10(8)12/h4-6,12-13H,3H2,1-2H3. The lowest BCUT2D eigenvalue weighted by atomic mass is 10.1. The Labute approximate surface area is 82.4 Å². The van der Waals surface area contributed by atoms with Crippen molar-refractivity contribution in [3.8, 4) is 11.5 Å². The zero-order valence-corrected chi connectivity index (χ0v) is 8.19. The molecule has 14 heavy (non-hydrogen) atoms. The quantitative estimate of drug-likeness (QED) is 0.440. The fourth-order valence-corrected chi connectivity index (χ4v) is 1.19. The average Bonchev–Trinajstić information content (AvgIpc) is 2.22. The first-order valence-electron chi connectivity index (χ1n) is 4.31. The summed E-state index contributed by atoms with van der Waals surface area (Å²) in [5.41, 5.74) is 0.927. The molecule has 0 aromatic heterocycles. The molecule has 0 spiro atoms. The normalized spacial score (nSPS) is 11.4. The van der Waals surface area contributed by atoms with Crippen molar-refractivity contribution >= 4 is 5.71 Å². The van der Waals surface area contributed by atoms with Gasteiger partial charge in [-0.2, -0.15) is 0 Å². The van der Waals surface area contributed by atoms with Crippen molar-refractivity contribution in [2.75, 3.05) is 7.11 Å². The van der Waals surface area contributed by atoms with E-state index in [1.807, 2.05) is 6.92 Å². The van der Waals surface area contributed by atoms with Crippen LogP contribution in [0.2, 0.25) is 0 Å². The highest BCUT2D eigenvalue weighted by Crippen LogP contribution is 2.24. The maximum Gasteiger partial charge on any atom is 0.125 e. The van der Waals surface area contributed by atoms with Gasteiger partial charge in [-0.05, 0) is 24.6 Å². The molecule has 0 aliphatic heterocycles. The van der Waals surface area contributed by atoms with E-state index in [4.69, 9.17) is 9.94 Å². The number of phenolic OH excluding ortho intramolecular Hbond substituents is 1. The summed E-state index contributed by atoms with van der Waals surface area (Å²) in [6.45, 7) is 1.84. The Morgan fingerprint density at radius 1 is 1.50 bits per heavy atom. The lowest BCUT2D eigenvalue weighted by molar-refractivity contribution is 0.318. The number of nitrogens with zero attached hydrogens (tertiary/aromatic N) is 1. The number of hydrogen-bond acceptors (Lipinski definition) is 4. The van der Waals surface area contributed by atoms with Crippen LogP contribution in [0.25, 0.3) is 0 Å². The first-order chi connectivity index (χ1) is 6.72. The third-order valence-electron chi connectivity index (χ3n) is 1.97. The van der Waals surface area contributed by atoms with Gasteiger partial charge in [0, 0.05) is 5.56 Å². The highest BCUT2D eigenvalue weighted by atomic mass is 16.5. The predicted octanol–water partition coefficient (Wildman–Crippen LogP) is 1.99. The third kappa shape index (κ3) is 1.96. The van der Waals surface area contributed by atoms with Gasteiger partial charge in [-0.3, -0.25) is 0 Å². The monoisotopic (exact) mass is 195 g/mol. The zero-order chi connectivity index (χ0) is 10.6. The first-order valence-corrected chi connectivity index (χ1v) is 4.31. The van der Waals surface area contributed by atoms with Gasteiger partial charge < -0.3 is 15.1 Å². The molecular formula is C10H13NO3. The molecule has 0 saturated carbocycles. The summed E-state index contributed by atoms with van der Waals surface area (Å²) in [6.07, 6.45) is 0.539. The van der Waals surface area contributed by atoms with Crippen LogP contribution < -0.4 is 4.74 Å². The molecule has 4 heteroatoms. The average molecular weight is 195 g/mol. The molecule has 0 radical (unpaired) electrons. The zero-order valence-electron chi connectivity index (χ0n) is 8.19. The number of phenols is 1. The molecule has 0 aliphatic carbocycles. The summed E-state index contributed by atoms with van der Waals surface area (Å²) >= 11 is 0. The molecule has 0 amide bonds. The molecule has 0 unspecified atom stereocenters. The largest absolute Gasteiger partial charge is 0.507 e. The van der Waals surface area contributed by atoms with Gasteiger partial charge in [0.1, 0.15) is 11.5 Å². The second-order valence-electron chi connectivity index (χ2n) is 2.78. The van der Waals surface area contributed by atoms with E-state index in [1.165, 1.54) is 13.2 Å².